The highest BCUT2D eigenvalue weighted by atomic mass is 19.1. The molecule has 4 aromatic rings. The maximum Gasteiger partial charge on any atom is 0.136 e. The minimum atomic E-state index is -0.346. The number of fused-ring (bicyclic) bond motifs is 1. The minimum Gasteiger partial charge on any atom is -0.372 e. The molecule has 3 aliphatic rings. The molecule has 0 spiro atoms. The molecule has 9 heteroatoms. The molecule has 51 heavy (non-hydrogen) atoms. The van der Waals surface area contributed by atoms with E-state index in [1.165, 1.54) is 53.5 Å². The number of aldehydes is 1. The van der Waals surface area contributed by atoms with Gasteiger partial charge < -0.3 is 29.8 Å². The average Bonchev–Trinajstić information content (AvgIpc) is 3.62. The summed E-state index contributed by atoms with van der Waals surface area (Å²) in [5, 5.41) is 13.2. The lowest BCUT2D eigenvalue weighted by Crippen LogP contribution is -2.49. The molecule has 4 heterocycles. The van der Waals surface area contributed by atoms with Crippen LogP contribution in [0.2, 0.25) is 0 Å². The van der Waals surface area contributed by atoms with Crippen LogP contribution in [0.15, 0.2) is 60.8 Å². The number of nitrogens with zero attached hydrogens (tertiary/aromatic N) is 5. The summed E-state index contributed by atoms with van der Waals surface area (Å²) in [6.45, 7) is 14.5. The number of carbonyl (C=O) groups excluding carboxylic acids is 1. The summed E-state index contributed by atoms with van der Waals surface area (Å²) >= 11 is 0. The van der Waals surface area contributed by atoms with E-state index in [0.717, 1.165) is 102 Å². The second kappa shape index (κ2) is 15.9. The summed E-state index contributed by atoms with van der Waals surface area (Å²) in [7, 11) is 0. The van der Waals surface area contributed by atoms with E-state index in [-0.39, 0.29) is 11.9 Å². The Kier molecular flexibility index (Phi) is 10.9. The standard InChI is InChI=1S/C42H52FN7O/c1-3-36(29-51)45-26-34-24-38(7-4-30(34)2)49-22-20-47(21-23-49)28-31-12-16-48(17-13-31)37-8-5-32(6-9-37)33-14-18-50(19-15-33)40-11-10-39(43)41-35(25-44)27-46-42(40)41/h4-11,24,27,29,31,33,36,45-46H,3,12-23,26,28H2,1-2H3/t36-/m1/s1. The van der Waals surface area contributed by atoms with Gasteiger partial charge in [-0.1, -0.05) is 25.1 Å². The SMILES string of the molecule is CC[C@H](C=O)NCc1cc(N2CCN(CC3CCN(c4ccc(C5CCN(c6ccc(F)c7c(C#N)c[nH]c67)CC5)cc4)CC3)CC2)ccc1C. The van der Waals surface area contributed by atoms with Crippen molar-refractivity contribution < 1.29 is 9.18 Å². The van der Waals surface area contributed by atoms with Crippen molar-refractivity contribution in [2.45, 2.75) is 64.5 Å². The van der Waals surface area contributed by atoms with E-state index in [9.17, 15) is 14.4 Å². The van der Waals surface area contributed by atoms with Gasteiger partial charge in [0.2, 0.25) is 0 Å². The zero-order valence-electron chi connectivity index (χ0n) is 30.2. The fourth-order valence-electron chi connectivity index (χ4n) is 8.46. The number of nitriles is 1. The Morgan fingerprint density at radius 2 is 1.59 bits per heavy atom. The lowest BCUT2D eigenvalue weighted by Gasteiger charge is -2.40. The van der Waals surface area contributed by atoms with Crippen LogP contribution in [0, 0.1) is 30.0 Å². The molecule has 1 atom stereocenters. The highest BCUT2D eigenvalue weighted by molar-refractivity contribution is 5.95. The van der Waals surface area contributed by atoms with Crippen molar-refractivity contribution in [1.29, 1.82) is 5.26 Å². The second-order valence-electron chi connectivity index (χ2n) is 14.8. The second-order valence-corrected chi connectivity index (χ2v) is 14.8. The van der Waals surface area contributed by atoms with Crippen molar-refractivity contribution in [2.75, 3.05) is 73.6 Å². The Bertz CT molecular complexity index is 1820. The third-order valence-corrected chi connectivity index (χ3v) is 11.8. The van der Waals surface area contributed by atoms with E-state index < -0.39 is 0 Å². The van der Waals surface area contributed by atoms with Crippen molar-refractivity contribution >= 4 is 34.3 Å². The van der Waals surface area contributed by atoms with Gasteiger partial charge in [0.1, 0.15) is 18.2 Å². The minimum absolute atomic E-state index is 0.0836. The van der Waals surface area contributed by atoms with Crippen LogP contribution >= 0.6 is 0 Å². The Hall–Kier alpha value is -4.39. The van der Waals surface area contributed by atoms with Gasteiger partial charge >= 0.3 is 0 Å². The fraction of sp³-hybridized carbons (Fsp3) is 0.476. The normalized spacial score (nSPS) is 18.7. The van der Waals surface area contributed by atoms with Gasteiger partial charge in [-0.15, -0.1) is 0 Å². The van der Waals surface area contributed by atoms with Gasteiger partial charge in [-0.25, -0.2) is 4.39 Å². The molecule has 268 valence electrons. The number of piperidine rings is 2. The maximum absolute atomic E-state index is 14.5. The summed E-state index contributed by atoms with van der Waals surface area (Å²) in [5.41, 5.74) is 8.64. The van der Waals surface area contributed by atoms with Crippen molar-refractivity contribution in [1.82, 2.24) is 15.2 Å². The number of hydrogen-bond acceptors (Lipinski definition) is 7. The van der Waals surface area contributed by atoms with Crippen LogP contribution in [-0.4, -0.2) is 81.1 Å². The van der Waals surface area contributed by atoms with Gasteiger partial charge in [0, 0.05) is 83.0 Å². The predicted molar refractivity (Wildman–Crippen MR) is 205 cm³/mol. The Labute approximate surface area is 302 Å². The van der Waals surface area contributed by atoms with Gasteiger partial charge in [-0.2, -0.15) is 5.26 Å². The molecule has 0 bridgehead atoms. The Morgan fingerprint density at radius 3 is 2.27 bits per heavy atom. The summed E-state index contributed by atoms with van der Waals surface area (Å²) in [4.78, 5) is 24.5. The number of carbonyl (C=O) groups is 1. The van der Waals surface area contributed by atoms with Crippen LogP contribution in [0.25, 0.3) is 10.9 Å². The monoisotopic (exact) mass is 689 g/mol. The number of nitrogens with one attached hydrogen (secondary N) is 2. The smallest absolute Gasteiger partial charge is 0.136 e. The molecule has 7 rings (SSSR count). The first-order chi connectivity index (χ1) is 24.9. The van der Waals surface area contributed by atoms with Crippen molar-refractivity contribution in [3.8, 4) is 6.07 Å². The molecule has 1 aromatic heterocycles. The third-order valence-electron chi connectivity index (χ3n) is 11.8. The molecule has 8 nitrogen and oxygen atoms in total. The predicted octanol–water partition coefficient (Wildman–Crippen LogP) is 6.98. The number of aromatic nitrogens is 1. The van der Waals surface area contributed by atoms with Crippen molar-refractivity contribution in [3.05, 3.63) is 88.9 Å². The number of hydrogen-bond donors (Lipinski definition) is 2. The highest BCUT2D eigenvalue weighted by Crippen LogP contribution is 2.36. The lowest BCUT2D eigenvalue weighted by molar-refractivity contribution is -0.109. The quantitative estimate of drug-likeness (QED) is 0.165. The zero-order valence-corrected chi connectivity index (χ0v) is 30.2. The van der Waals surface area contributed by atoms with Crippen LogP contribution in [0.1, 0.15) is 67.2 Å². The number of aromatic amines is 1. The van der Waals surface area contributed by atoms with Crippen molar-refractivity contribution in [2.24, 2.45) is 5.92 Å². The van der Waals surface area contributed by atoms with Gasteiger partial charge in [0.15, 0.2) is 0 Å². The molecule has 3 aromatic carbocycles. The van der Waals surface area contributed by atoms with Crippen molar-refractivity contribution in [3.63, 3.8) is 0 Å². The number of piperazine rings is 1. The molecule has 3 aliphatic heterocycles. The Balaban J connectivity index is 0.851. The first-order valence-electron chi connectivity index (χ1n) is 19.0. The highest BCUT2D eigenvalue weighted by Gasteiger charge is 2.26. The maximum atomic E-state index is 14.5. The van der Waals surface area contributed by atoms with E-state index in [1.54, 1.807) is 6.20 Å². The molecule has 0 unspecified atom stereocenters. The van der Waals surface area contributed by atoms with Crippen LogP contribution in [-0.2, 0) is 11.3 Å². The number of rotatable bonds is 11. The van der Waals surface area contributed by atoms with Gasteiger partial charge in [-0.3, -0.25) is 4.90 Å². The van der Waals surface area contributed by atoms with Crippen LogP contribution in [0.5, 0.6) is 0 Å². The molecule has 0 amide bonds. The van der Waals surface area contributed by atoms with E-state index in [4.69, 9.17) is 0 Å². The molecular weight excluding hydrogens is 638 g/mol. The molecule has 2 N–H and O–H groups in total. The number of benzene rings is 3. The number of anilines is 3. The number of H-pyrrole nitrogens is 1. The average molecular weight is 690 g/mol. The van der Waals surface area contributed by atoms with E-state index >= 15 is 0 Å². The first kappa shape index (κ1) is 35.0. The first-order valence-corrected chi connectivity index (χ1v) is 19.0. The Morgan fingerprint density at radius 1 is 0.902 bits per heavy atom. The van der Waals surface area contributed by atoms with Crippen LogP contribution in [0.3, 0.4) is 0 Å². The zero-order chi connectivity index (χ0) is 35.3. The molecule has 0 radical (unpaired) electrons. The number of halogens is 1. The third kappa shape index (κ3) is 7.78. The van der Waals surface area contributed by atoms with Gasteiger partial charge in [0.25, 0.3) is 0 Å². The summed E-state index contributed by atoms with van der Waals surface area (Å²) in [6, 6.07) is 21.5. The largest absolute Gasteiger partial charge is 0.372 e. The van der Waals surface area contributed by atoms with E-state index in [0.29, 0.717) is 16.9 Å². The molecular formula is C42H52FN7O. The summed E-state index contributed by atoms with van der Waals surface area (Å²) in [6.07, 6.45) is 8.01. The fourth-order valence-corrected chi connectivity index (χ4v) is 8.46. The lowest BCUT2D eigenvalue weighted by atomic mass is 9.89. The van der Waals surface area contributed by atoms with Crippen LogP contribution < -0.4 is 20.0 Å². The molecule has 0 saturated carbocycles. The molecule has 3 fully saturated rings. The van der Waals surface area contributed by atoms with E-state index in [1.807, 2.05) is 13.0 Å². The van der Waals surface area contributed by atoms with Crippen LogP contribution in [0.4, 0.5) is 21.5 Å². The van der Waals surface area contributed by atoms with Gasteiger partial charge in [0.05, 0.1) is 28.2 Å². The molecule has 3 saturated heterocycles. The molecule has 0 aliphatic carbocycles. The summed E-state index contributed by atoms with van der Waals surface area (Å²) < 4.78 is 14.5. The number of aryl methyl sites for hydroxylation is 1. The van der Waals surface area contributed by atoms with E-state index in [2.05, 4.69) is 85.4 Å². The van der Waals surface area contributed by atoms with Gasteiger partial charge in [-0.05, 0) is 104 Å². The topological polar surface area (TPSA) is 81.6 Å². The summed E-state index contributed by atoms with van der Waals surface area (Å²) in [5.74, 6) is 0.919.